The molecule has 0 radical (unpaired) electrons. The van der Waals surface area contributed by atoms with Crippen molar-refractivity contribution >= 4 is 11.9 Å². The lowest BCUT2D eigenvalue weighted by molar-refractivity contribution is -0.122. The van der Waals surface area contributed by atoms with Crippen molar-refractivity contribution in [2.75, 3.05) is 37.6 Å². The van der Waals surface area contributed by atoms with Crippen LogP contribution in [0.3, 0.4) is 0 Å². The molecule has 3 heterocycles. The number of piperazine rings is 1. The highest BCUT2D eigenvalue weighted by atomic mass is 16.2. The Kier molecular flexibility index (Phi) is 5.90. The molecule has 1 fully saturated rings. The predicted octanol–water partition coefficient (Wildman–Crippen LogP) is 0.741. The number of hydrogen-bond donors (Lipinski definition) is 1. The molecule has 2 aromatic heterocycles. The zero-order valence-corrected chi connectivity index (χ0v) is 14.5. The van der Waals surface area contributed by atoms with Gasteiger partial charge in [-0.05, 0) is 31.0 Å². The Labute approximate surface area is 148 Å². The van der Waals surface area contributed by atoms with Crippen LogP contribution < -0.4 is 10.2 Å². The summed E-state index contributed by atoms with van der Waals surface area (Å²) in [6.45, 7) is 5.80. The van der Waals surface area contributed by atoms with Crippen LogP contribution in [0.1, 0.15) is 12.5 Å². The normalized spacial score (nSPS) is 16.4. The molecule has 25 heavy (non-hydrogen) atoms. The maximum Gasteiger partial charge on any atom is 0.234 e. The van der Waals surface area contributed by atoms with E-state index in [1.165, 1.54) is 0 Å². The highest BCUT2D eigenvalue weighted by Crippen LogP contribution is 2.09. The minimum Gasteiger partial charge on any atom is -0.352 e. The molecule has 0 aliphatic carbocycles. The Bertz CT molecular complexity index is 658. The molecule has 7 heteroatoms. The zero-order chi connectivity index (χ0) is 17.5. The van der Waals surface area contributed by atoms with Gasteiger partial charge in [0.2, 0.25) is 11.9 Å². The van der Waals surface area contributed by atoms with Crippen LogP contribution in [-0.2, 0) is 11.2 Å². The van der Waals surface area contributed by atoms with Gasteiger partial charge in [-0.25, -0.2) is 9.97 Å². The maximum absolute atomic E-state index is 12.3. The van der Waals surface area contributed by atoms with E-state index in [1.54, 1.807) is 18.6 Å². The average Bonchev–Trinajstić information content (AvgIpc) is 2.63. The summed E-state index contributed by atoms with van der Waals surface area (Å²) >= 11 is 0. The van der Waals surface area contributed by atoms with Gasteiger partial charge in [0.15, 0.2) is 0 Å². The number of amides is 1. The monoisotopic (exact) mass is 340 g/mol. The van der Waals surface area contributed by atoms with Crippen LogP contribution in [-0.4, -0.2) is 64.5 Å². The Hall–Kier alpha value is -2.54. The summed E-state index contributed by atoms with van der Waals surface area (Å²) in [4.78, 5) is 29.2. The number of nitrogens with zero attached hydrogens (tertiary/aromatic N) is 5. The first-order valence-electron chi connectivity index (χ1n) is 8.63. The van der Waals surface area contributed by atoms with E-state index >= 15 is 0 Å². The molecule has 0 aromatic carbocycles. The van der Waals surface area contributed by atoms with Gasteiger partial charge in [0, 0.05) is 57.0 Å². The van der Waals surface area contributed by atoms with Gasteiger partial charge in [0.1, 0.15) is 0 Å². The number of nitrogens with one attached hydrogen (secondary N) is 1. The molecule has 0 saturated carbocycles. The van der Waals surface area contributed by atoms with Crippen LogP contribution in [0.2, 0.25) is 0 Å². The lowest BCUT2D eigenvalue weighted by Crippen LogP contribution is -2.50. The molecule has 1 saturated heterocycles. The van der Waals surface area contributed by atoms with Crippen LogP contribution in [0.4, 0.5) is 5.95 Å². The predicted molar refractivity (Wildman–Crippen MR) is 96.2 cm³/mol. The standard InChI is InChI=1S/C18H24N6O/c1-15(12-16-4-2-5-19-13-16)22-17(25)14-23-8-10-24(11-9-23)18-20-6-3-7-21-18/h2-7,13,15H,8-12,14H2,1H3,(H,22,25). The van der Waals surface area contributed by atoms with Crippen LogP contribution in [0.15, 0.2) is 43.0 Å². The van der Waals surface area contributed by atoms with Crippen molar-refractivity contribution in [2.45, 2.75) is 19.4 Å². The third kappa shape index (κ3) is 5.22. The number of pyridine rings is 1. The fourth-order valence-electron chi connectivity index (χ4n) is 3.01. The van der Waals surface area contributed by atoms with Crippen molar-refractivity contribution in [3.8, 4) is 0 Å². The minimum absolute atomic E-state index is 0.0702. The Morgan fingerprint density at radius 3 is 2.60 bits per heavy atom. The molecule has 2 aromatic rings. The van der Waals surface area contributed by atoms with Crippen molar-refractivity contribution < 1.29 is 4.79 Å². The summed E-state index contributed by atoms with van der Waals surface area (Å²) < 4.78 is 0. The van der Waals surface area contributed by atoms with Gasteiger partial charge in [-0.2, -0.15) is 0 Å². The van der Waals surface area contributed by atoms with Gasteiger partial charge in [-0.15, -0.1) is 0 Å². The summed E-state index contributed by atoms with van der Waals surface area (Å²) in [5.41, 5.74) is 1.13. The number of aromatic nitrogens is 3. The molecule has 1 N–H and O–H groups in total. The molecule has 1 atom stereocenters. The summed E-state index contributed by atoms with van der Waals surface area (Å²) in [6, 6.07) is 5.85. The Morgan fingerprint density at radius 2 is 1.92 bits per heavy atom. The van der Waals surface area contributed by atoms with Crippen molar-refractivity contribution in [1.82, 2.24) is 25.2 Å². The summed E-state index contributed by atoms with van der Waals surface area (Å²) in [6.07, 6.45) is 7.90. The minimum atomic E-state index is 0.0702. The molecular formula is C18H24N6O. The summed E-state index contributed by atoms with van der Waals surface area (Å²) in [5, 5.41) is 3.07. The SMILES string of the molecule is CC(Cc1cccnc1)NC(=O)CN1CCN(c2ncccn2)CC1. The second-order valence-corrected chi connectivity index (χ2v) is 6.35. The van der Waals surface area contributed by atoms with Crippen LogP contribution in [0.5, 0.6) is 0 Å². The van der Waals surface area contributed by atoms with E-state index in [2.05, 4.69) is 30.1 Å². The lowest BCUT2D eigenvalue weighted by Gasteiger charge is -2.34. The summed E-state index contributed by atoms with van der Waals surface area (Å²) in [7, 11) is 0. The van der Waals surface area contributed by atoms with E-state index in [1.807, 2.05) is 31.3 Å². The van der Waals surface area contributed by atoms with Gasteiger partial charge in [-0.3, -0.25) is 14.7 Å². The average molecular weight is 340 g/mol. The molecule has 0 spiro atoms. The highest BCUT2D eigenvalue weighted by Gasteiger charge is 2.20. The first-order valence-corrected chi connectivity index (χ1v) is 8.63. The molecule has 1 aliphatic heterocycles. The first kappa shape index (κ1) is 17.3. The molecule has 0 bridgehead atoms. The Balaban J connectivity index is 1.40. The summed E-state index contributed by atoms with van der Waals surface area (Å²) in [5.74, 6) is 0.831. The number of anilines is 1. The molecule has 7 nitrogen and oxygen atoms in total. The topological polar surface area (TPSA) is 74.2 Å². The largest absolute Gasteiger partial charge is 0.352 e. The smallest absolute Gasteiger partial charge is 0.234 e. The third-order valence-corrected chi connectivity index (χ3v) is 4.25. The van der Waals surface area contributed by atoms with E-state index in [4.69, 9.17) is 0 Å². The van der Waals surface area contributed by atoms with Crippen LogP contribution in [0, 0.1) is 0 Å². The number of rotatable bonds is 6. The second kappa shape index (κ2) is 8.53. The second-order valence-electron chi connectivity index (χ2n) is 6.35. The third-order valence-electron chi connectivity index (χ3n) is 4.25. The maximum atomic E-state index is 12.3. The highest BCUT2D eigenvalue weighted by molar-refractivity contribution is 5.78. The fraction of sp³-hybridized carbons (Fsp3) is 0.444. The van der Waals surface area contributed by atoms with Gasteiger partial charge in [0.25, 0.3) is 0 Å². The number of carbonyl (C=O) groups excluding carboxylic acids is 1. The van der Waals surface area contributed by atoms with E-state index < -0.39 is 0 Å². The molecule has 132 valence electrons. The molecule has 1 unspecified atom stereocenters. The van der Waals surface area contributed by atoms with Crippen LogP contribution >= 0.6 is 0 Å². The lowest BCUT2D eigenvalue weighted by atomic mass is 10.1. The van der Waals surface area contributed by atoms with Gasteiger partial charge in [-0.1, -0.05) is 6.07 Å². The zero-order valence-electron chi connectivity index (χ0n) is 14.5. The van der Waals surface area contributed by atoms with Crippen LogP contribution in [0.25, 0.3) is 0 Å². The van der Waals surface area contributed by atoms with Crippen molar-refractivity contribution in [2.24, 2.45) is 0 Å². The van der Waals surface area contributed by atoms with E-state index in [0.717, 1.165) is 44.1 Å². The van der Waals surface area contributed by atoms with Gasteiger partial charge in [0.05, 0.1) is 6.54 Å². The quantitative estimate of drug-likeness (QED) is 0.836. The van der Waals surface area contributed by atoms with E-state index in [-0.39, 0.29) is 11.9 Å². The van der Waals surface area contributed by atoms with Gasteiger partial charge < -0.3 is 10.2 Å². The molecular weight excluding hydrogens is 316 g/mol. The Morgan fingerprint density at radius 1 is 1.16 bits per heavy atom. The van der Waals surface area contributed by atoms with Crippen molar-refractivity contribution in [1.29, 1.82) is 0 Å². The molecule has 1 amide bonds. The number of carbonyl (C=O) groups is 1. The fourth-order valence-corrected chi connectivity index (χ4v) is 3.01. The molecule has 3 rings (SSSR count). The number of hydrogen-bond acceptors (Lipinski definition) is 6. The van der Waals surface area contributed by atoms with E-state index in [0.29, 0.717) is 6.54 Å². The van der Waals surface area contributed by atoms with Gasteiger partial charge >= 0.3 is 0 Å². The van der Waals surface area contributed by atoms with Crippen molar-refractivity contribution in [3.05, 3.63) is 48.5 Å². The van der Waals surface area contributed by atoms with E-state index in [9.17, 15) is 4.79 Å². The molecule has 1 aliphatic rings. The van der Waals surface area contributed by atoms with Crippen molar-refractivity contribution in [3.63, 3.8) is 0 Å². The first-order chi connectivity index (χ1) is 12.2.